The molecule has 0 spiro atoms. The smallest absolute Gasteiger partial charge is 0.404 e. The highest BCUT2D eigenvalue weighted by Gasteiger charge is 2.34. The molecule has 161 valence electrons. The van der Waals surface area contributed by atoms with Crippen LogP contribution in [-0.4, -0.2) is 28.8 Å². The second kappa shape index (κ2) is 8.07. The summed E-state index contributed by atoms with van der Waals surface area (Å²) in [4.78, 5) is 19.4. The Hall–Kier alpha value is -3.33. The summed E-state index contributed by atoms with van der Waals surface area (Å²) in [5, 5.41) is 3.42. The molecule has 1 radical (unpaired) electrons. The highest BCUT2D eigenvalue weighted by molar-refractivity contribution is 5.98. The largest absolute Gasteiger partial charge is 0.573 e. The fraction of sp³-hybridized carbons (Fsp3) is 0.273. The number of primary amides is 1. The molecule has 4 N–H and O–H groups in total. The van der Waals surface area contributed by atoms with Crippen LogP contribution in [0, 0.1) is 12.0 Å². The van der Waals surface area contributed by atoms with Crippen LogP contribution in [-0.2, 0) is 0 Å². The summed E-state index contributed by atoms with van der Waals surface area (Å²) in [6.45, 7) is 3.12. The number of carbonyl (C=O) groups excluding carboxylic acids is 1. The molecule has 0 bridgehead atoms. The maximum atomic E-state index is 12.9. The normalized spacial score (nSPS) is 18.8. The first-order valence-corrected chi connectivity index (χ1v) is 9.71. The number of nitrogens with two attached hydrogens (primary N) is 1. The van der Waals surface area contributed by atoms with Crippen molar-refractivity contribution in [3.05, 3.63) is 60.0 Å². The Morgan fingerprint density at radius 3 is 2.55 bits per heavy atom. The van der Waals surface area contributed by atoms with Crippen LogP contribution < -0.4 is 15.8 Å². The van der Waals surface area contributed by atoms with Gasteiger partial charge in [-0.05, 0) is 36.6 Å². The number of nitrogens with one attached hydrogen (secondary N) is 2. The average Bonchev–Trinajstić information content (AvgIpc) is 3.36. The lowest BCUT2D eigenvalue weighted by Crippen LogP contribution is -2.21. The van der Waals surface area contributed by atoms with E-state index in [0.29, 0.717) is 11.5 Å². The lowest BCUT2D eigenvalue weighted by Gasteiger charge is -2.16. The van der Waals surface area contributed by atoms with Gasteiger partial charge in [-0.2, -0.15) is 0 Å². The van der Waals surface area contributed by atoms with Gasteiger partial charge in [0.15, 0.2) is 5.75 Å². The van der Waals surface area contributed by atoms with E-state index in [1.165, 1.54) is 12.1 Å². The van der Waals surface area contributed by atoms with Gasteiger partial charge in [-0.1, -0.05) is 37.3 Å². The SMILES string of the molecule is C[C@@H]1CN[C@H](c2nc(-c3ccc(-c4cc[c]c(C(N)=O)c4OC(F)(F)F)cc3)c[nH]2)C1. The minimum Gasteiger partial charge on any atom is -0.404 e. The fourth-order valence-corrected chi connectivity index (χ4v) is 3.72. The van der Waals surface area contributed by atoms with Gasteiger partial charge in [0.1, 0.15) is 5.82 Å². The zero-order valence-electron chi connectivity index (χ0n) is 16.6. The molecule has 6 nitrogen and oxygen atoms in total. The second-order valence-electron chi connectivity index (χ2n) is 7.56. The van der Waals surface area contributed by atoms with Crippen molar-refractivity contribution >= 4 is 5.91 Å². The Bertz CT molecular complexity index is 1090. The number of nitrogens with zero attached hydrogens (tertiary/aromatic N) is 1. The minimum atomic E-state index is -4.98. The van der Waals surface area contributed by atoms with E-state index in [0.717, 1.165) is 30.0 Å². The van der Waals surface area contributed by atoms with Gasteiger partial charge in [-0.3, -0.25) is 4.79 Å². The summed E-state index contributed by atoms with van der Waals surface area (Å²) in [6.07, 6.45) is -2.18. The van der Waals surface area contributed by atoms with Gasteiger partial charge in [0, 0.05) is 17.3 Å². The molecule has 0 aliphatic carbocycles. The first kappa shape index (κ1) is 20.9. The molecule has 1 aliphatic heterocycles. The van der Waals surface area contributed by atoms with Gasteiger partial charge < -0.3 is 20.8 Å². The minimum absolute atomic E-state index is 0.0864. The van der Waals surface area contributed by atoms with Crippen molar-refractivity contribution in [1.29, 1.82) is 0 Å². The number of ether oxygens (including phenoxy) is 1. The van der Waals surface area contributed by atoms with Crippen molar-refractivity contribution in [3.63, 3.8) is 0 Å². The summed E-state index contributed by atoms with van der Waals surface area (Å²) in [5.74, 6) is -0.288. The third kappa shape index (κ3) is 4.56. The summed E-state index contributed by atoms with van der Waals surface area (Å²) in [5.41, 5.74) is 6.79. The number of carbonyl (C=O) groups is 1. The van der Waals surface area contributed by atoms with Crippen molar-refractivity contribution in [2.45, 2.75) is 25.7 Å². The number of benzene rings is 2. The molecule has 0 unspecified atom stereocenters. The van der Waals surface area contributed by atoms with E-state index in [2.05, 4.69) is 33.0 Å². The maximum Gasteiger partial charge on any atom is 0.573 e. The molecule has 2 aromatic carbocycles. The number of hydrogen-bond donors (Lipinski definition) is 3. The summed E-state index contributed by atoms with van der Waals surface area (Å²) in [6, 6.07) is 12.1. The van der Waals surface area contributed by atoms with Crippen LogP contribution >= 0.6 is 0 Å². The predicted molar refractivity (Wildman–Crippen MR) is 108 cm³/mol. The topological polar surface area (TPSA) is 93.0 Å². The summed E-state index contributed by atoms with van der Waals surface area (Å²) < 4.78 is 42.9. The van der Waals surface area contributed by atoms with E-state index in [1.54, 1.807) is 30.5 Å². The molecule has 1 amide bonds. The molecule has 1 saturated heterocycles. The molecule has 1 aliphatic rings. The van der Waals surface area contributed by atoms with Crippen molar-refractivity contribution < 1.29 is 22.7 Å². The van der Waals surface area contributed by atoms with E-state index in [9.17, 15) is 18.0 Å². The van der Waals surface area contributed by atoms with Crippen LogP contribution in [0.3, 0.4) is 0 Å². The van der Waals surface area contributed by atoms with E-state index >= 15 is 0 Å². The van der Waals surface area contributed by atoms with Crippen LogP contribution in [0.4, 0.5) is 13.2 Å². The molecular weight excluding hydrogens is 409 g/mol. The number of imidazole rings is 1. The van der Waals surface area contributed by atoms with Crippen LogP contribution in [0.25, 0.3) is 22.4 Å². The summed E-state index contributed by atoms with van der Waals surface area (Å²) in [7, 11) is 0. The number of aromatic nitrogens is 2. The Morgan fingerprint density at radius 2 is 1.94 bits per heavy atom. The quantitative estimate of drug-likeness (QED) is 0.566. The fourth-order valence-electron chi connectivity index (χ4n) is 3.72. The van der Waals surface area contributed by atoms with Crippen LogP contribution in [0.1, 0.15) is 35.6 Å². The molecule has 9 heteroatoms. The average molecular weight is 429 g/mol. The number of amides is 1. The lowest BCUT2D eigenvalue weighted by molar-refractivity contribution is -0.274. The van der Waals surface area contributed by atoms with Crippen molar-refractivity contribution in [3.8, 4) is 28.1 Å². The maximum absolute atomic E-state index is 12.9. The van der Waals surface area contributed by atoms with Crippen molar-refractivity contribution in [1.82, 2.24) is 15.3 Å². The van der Waals surface area contributed by atoms with Gasteiger partial charge >= 0.3 is 6.36 Å². The Balaban J connectivity index is 1.64. The van der Waals surface area contributed by atoms with E-state index in [4.69, 9.17) is 5.73 Å². The van der Waals surface area contributed by atoms with Gasteiger partial charge in [0.2, 0.25) is 0 Å². The molecular formula is C22H20F3N4O2. The number of rotatable bonds is 5. The van der Waals surface area contributed by atoms with Crippen LogP contribution in [0.2, 0.25) is 0 Å². The molecule has 31 heavy (non-hydrogen) atoms. The standard InChI is InChI=1S/C22H20F3N4O2/c1-12-9-17(27-10-12)21-28-11-18(29-21)14-7-5-13(6-8-14)15-3-2-4-16(20(26)30)19(15)31-22(23,24)25/h2-3,5-8,11-12,17,27H,9-10H2,1H3,(H2,26,30)(H,28,29)/t12-,17-/m0/s1. The van der Waals surface area contributed by atoms with Gasteiger partial charge in [-0.25, -0.2) is 4.98 Å². The van der Waals surface area contributed by atoms with Crippen molar-refractivity contribution in [2.75, 3.05) is 6.54 Å². The second-order valence-corrected chi connectivity index (χ2v) is 7.56. The third-order valence-corrected chi connectivity index (χ3v) is 5.18. The molecule has 1 aromatic heterocycles. The Kier molecular flexibility index (Phi) is 5.45. The van der Waals surface area contributed by atoms with E-state index < -0.39 is 23.6 Å². The first-order valence-electron chi connectivity index (χ1n) is 9.71. The lowest BCUT2D eigenvalue weighted by atomic mass is 9.99. The number of hydrogen-bond acceptors (Lipinski definition) is 4. The highest BCUT2D eigenvalue weighted by Crippen LogP contribution is 2.37. The number of alkyl halides is 3. The molecule has 3 aromatic rings. The zero-order chi connectivity index (χ0) is 22.2. The van der Waals surface area contributed by atoms with Gasteiger partial charge in [0.25, 0.3) is 5.91 Å². The summed E-state index contributed by atoms with van der Waals surface area (Å²) >= 11 is 0. The van der Waals surface area contributed by atoms with Crippen LogP contribution in [0.15, 0.2) is 42.6 Å². The Labute approximate surface area is 176 Å². The monoisotopic (exact) mass is 429 g/mol. The number of aromatic amines is 1. The van der Waals surface area contributed by atoms with Gasteiger partial charge in [-0.15, -0.1) is 13.2 Å². The van der Waals surface area contributed by atoms with E-state index in [-0.39, 0.29) is 11.6 Å². The highest BCUT2D eigenvalue weighted by atomic mass is 19.4. The first-order chi connectivity index (χ1) is 14.7. The number of H-pyrrole nitrogens is 1. The molecule has 2 heterocycles. The third-order valence-electron chi connectivity index (χ3n) is 5.18. The zero-order valence-corrected chi connectivity index (χ0v) is 16.6. The Morgan fingerprint density at radius 1 is 1.23 bits per heavy atom. The predicted octanol–water partition coefficient (Wildman–Crippen LogP) is 4.21. The number of halogens is 3. The molecule has 1 fully saturated rings. The van der Waals surface area contributed by atoms with Crippen LogP contribution in [0.5, 0.6) is 5.75 Å². The van der Waals surface area contributed by atoms with Crippen molar-refractivity contribution in [2.24, 2.45) is 11.7 Å². The molecule has 0 saturated carbocycles. The molecule has 2 atom stereocenters. The van der Waals surface area contributed by atoms with E-state index in [1.807, 2.05) is 0 Å². The molecule has 4 rings (SSSR count). The van der Waals surface area contributed by atoms with Gasteiger partial charge in [0.05, 0.1) is 17.3 Å².